The highest BCUT2D eigenvalue weighted by Crippen LogP contribution is 2.60. The number of methoxy groups -OCH3 is 1. The molecule has 120 valence electrons. The summed E-state index contributed by atoms with van der Waals surface area (Å²) in [5, 5.41) is 20.6. The standard InChI is InChI=1S/C19H26O3/c1-19-8-7-14-13-6-4-12(22-2)9-11(13)3-5-15(14)16(19)10-17(20)18(19)21/h4,6,9,14-18,20-21H,3,5,7-8,10H2,1-2H3/t14?,15?,16?,17-,18+,19?/m1/s1. The first-order chi connectivity index (χ1) is 10.5. The van der Waals surface area contributed by atoms with Crippen molar-refractivity contribution in [2.24, 2.45) is 17.3 Å². The Morgan fingerprint density at radius 1 is 1.23 bits per heavy atom. The minimum atomic E-state index is -0.546. The lowest BCUT2D eigenvalue weighted by Gasteiger charge is -2.49. The van der Waals surface area contributed by atoms with E-state index in [0.717, 1.165) is 31.4 Å². The first-order valence-corrected chi connectivity index (χ1v) is 8.57. The molecule has 6 atom stereocenters. The van der Waals surface area contributed by atoms with E-state index in [0.29, 0.717) is 17.8 Å². The predicted molar refractivity (Wildman–Crippen MR) is 85.0 cm³/mol. The zero-order chi connectivity index (χ0) is 15.5. The van der Waals surface area contributed by atoms with Crippen LogP contribution in [0.25, 0.3) is 0 Å². The van der Waals surface area contributed by atoms with Crippen LogP contribution in [0, 0.1) is 17.3 Å². The van der Waals surface area contributed by atoms with E-state index in [4.69, 9.17) is 4.74 Å². The van der Waals surface area contributed by atoms with E-state index in [-0.39, 0.29) is 5.41 Å². The molecular weight excluding hydrogens is 276 g/mol. The molecule has 4 unspecified atom stereocenters. The van der Waals surface area contributed by atoms with Crippen molar-refractivity contribution < 1.29 is 14.9 Å². The summed E-state index contributed by atoms with van der Waals surface area (Å²) in [6.07, 6.45) is 4.09. The zero-order valence-electron chi connectivity index (χ0n) is 13.5. The van der Waals surface area contributed by atoms with E-state index in [2.05, 4.69) is 25.1 Å². The average molecular weight is 302 g/mol. The Bertz CT molecular complexity index is 584. The van der Waals surface area contributed by atoms with Gasteiger partial charge in [0.2, 0.25) is 0 Å². The van der Waals surface area contributed by atoms with Gasteiger partial charge < -0.3 is 14.9 Å². The first kappa shape index (κ1) is 14.5. The van der Waals surface area contributed by atoms with Crippen LogP contribution in [0.5, 0.6) is 5.75 Å². The maximum absolute atomic E-state index is 10.4. The molecule has 0 saturated heterocycles. The maximum atomic E-state index is 10.4. The highest BCUT2D eigenvalue weighted by atomic mass is 16.5. The van der Waals surface area contributed by atoms with Crippen molar-refractivity contribution in [2.75, 3.05) is 7.11 Å². The van der Waals surface area contributed by atoms with Crippen LogP contribution in [0.15, 0.2) is 18.2 Å². The second kappa shape index (κ2) is 4.97. The lowest BCUT2D eigenvalue weighted by Crippen LogP contribution is -2.44. The number of hydrogen-bond donors (Lipinski definition) is 2. The van der Waals surface area contributed by atoms with Crippen molar-refractivity contribution in [3.8, 4) is 5.75 Å². The first-order valence-electron chi connectivity index (χ1n) is 8.57. The van der Waals surface area contributed by atoms with Gasteiger partial charge in [0, 0.05) is 0 Å². The Morgan fingerprint density at radius 2 is 2.05 bits per heavy atom. The molecule has 2 N–H and O–H groups in total. The van der Waals surface area contributed by atoms with E-state index in [1.165, 1.54) is 17.5 Å². The van der Waals surface area contributed by atoms with Crippen LogP contribution in [0.3, 0.4) is 0 Å². The van der Waals surface area contributed by atoms with Crippen LogP contribution in [0.2, 0.25) is 0 Å². The SMILES string of the molecule is COc1ccc2c(c1)CCC1C2CCC2(C)C1C[C@@H](O)[C@@H]2O. The average Bonchev–Trinajstić information content (AvgIpc) is 2.77. The van der Waals surface area contributed by atoms with Gasteiger partial charge in [-0.2, -0.15) is 0 Å². The third kappa shape index (κ3) is 1.88. The van der Waals surface area contributed by atoms with Crippen LogP contribution in [0.1, 0.15) is 49.7 Å². The summed E-state index contributed by atoms with van der Waals surface area (Å²) in [6.45, 7) is 2.19. The molecule has 1 aromatic carbocycles. The number of rotatable bonds is 1. The topological polar surface area (TPSA) is 49.7 Å². The van der Waals surface area contributed by atoms with Gasteiger partial charge in [-0.3, -0.25) is 0 Å². The summed E-state index contributed by atoms with van der Waals surface area (Å²) in [6, 6.07) is 6.51. The fraction of sp³-hybridized carbons (Fsp3) is 0.684. The number of hydrogen-bond acceptors (Lipinski definition) is 3. The molecule has 0 spiro atoms. The van der Waals surface area contributed by atoms with Crippen molar-refractivity contribution in [3.63, 3.8) is 0 Å². The minimum absolute atomic E-state index is 0.0927. The van der Waals surface area contributed by atoms with Gasteiger partial charge in [-0.25, -0.2) is 0 Å². The quantitative estimate of drug-likeness (QED) is 0.838. The van der Waals surface area contributed by atoms with Crippen LogP contribution in [0.4, 0.5) is 0 Å². The number of benzene rings is 1. The van der Waals surface area contributed by atoms with E-state index in [9.17, 15) is 10.2 Å². The molecule has 0 amide bonds. The molecule has 0 heterocycles. The van der Waals surface area contributed by atoms with Crippen molar-refractivity contribution in [1.82, 2.24) is 0 Å². The molecular formula is C19H26O3. The zero-order valence-corrected chi connectivity index (χ0v) is 13.5. The normalized spacial score (nSPS) is 43.2. The molecule has 3 aliphatic carbocycles. The van der Waals surface area contributed by atoms with Gasteiger partial charge in [0.1, 0.15) is 5.75 Å². The molecule has 0 aliphatic heterocycles. The molecule has 1 aromatic rings. The Labute approximate surface area is 132 Å². The Kier molecular flexibility index (Phi) is 3.28. The smallest absolute Gasteiger partial charge is 0.119 e. The minimum Gasteiger partial charge on any atom is -0.497 e. The molecule has 4 rings (SSSR count). The molecule has 0 bridgehead atoms. The van der Waals surface area contributed by atoms with Gasteiger partial charge in [0.05, 0.1) is 19.3 Å². The van der Waals surface area contributed by atoms with E-state index < -0.39 is 12.2 Å². The second-order valence-electron chi connectivity index (χ2n) is 7.77. The Balaban J connectivity index is 1.69. The molecule has 3 nitrogen and oxygen atoms in total. The van der Waals surface area contributed by atoms with Crippen LogP contribution >= 0.6 is 0 Å². The van der Waals surface area contributed by atoms with Gasteiger partial charge in [-0.05, 0) is 78.5 Å². The largest absolute Gasteiger partial charge is 0.497 e. The van der Waals surface area contributed by atoms with Crippen molar-refractivity contribution in [3.05, 3.63) is 29.3 Å². The molecule has 2 fully saturated rings. The lowest BCUT2D eigenvalue weighted by molar-refractivity contribution is -0.0505. The fourth-order valence-electron chi connectivity index (χ4n) is 5.67. The van der Waals surface area contributed by atoms with Crippen molar-refractivity contribution in [1.29, 1.82) is 0 Å². The highest BCUT2D eigenvalue weighted by Gasteiger charge is 2.57. The van der Waals surface area contributed by atoms with Crippen LogP contribution in [-0.4, -0.2) is 29.5 Å². The van der Waals surface area contributed by atoms with Crippen molar-refractivity contribution in [2.45, 2.75) is 57.2 Å². The van der Waals surface area contributed by atoms with E-state index >= 15 is 0 Å². The van der Waals surface area contributed by atoms with Crippen molar-refractivity contribution >= 4 is 0 Å². The molecule has 3 aliphatic rings. The highest BCUT2D eigenvalue weighted by molar-refractivity contribution is 5.40. The van der Waals surface area contributed by atoms with Crippen LogP contribution < -0.4 is 4.74 Å². The molecule has 0 radical (unpaired) electrons. The fourth-order valence-corrected chi connectivity index (χ4v) is 5.67. The number of aliphatic hydroxyl groups excluding tert-OH is 2. The van der Waals surface area contributed by atoms with Gasteiger partial charge in [0.15, 0.2) is 0 Å². The lowest BCUT2D eigenvalue weighted by atomic mass is 9.55. The summed E-state index contributed by atoms with van der Waals surface area (Å²) < 4.78 is 5.36. The predicted octanol–water partition coefficient (Wildman–Crippen LogP) is 2.88. The summed E-state index contributed by atoms with van der Waals surface area (Å²) in [5.74, 6) is 2.59. The van der Waals surface area contributed by atoms with Gasteiger partial charge in [-0.1, -0.05) is 13.0 Å². The number of aryl methyl sites for hydroxylation is 1. The molecule has 22 heavy (non-hydrogen) atoms. The number of fused-ring (bicyclic) bond motifs is 5. The molecule has 2 saturated carbocycles. The van der Waals surface area contributed by atoms with Gasteiger partial charge in [0.25, 0.3) is 0 Å². The van der Waals surface area contributed by atoms with E-state index in [1.54, 1.807) is 7.11 Å². The van der Waals surface area contributed by atoms with Crippen LogP contribution in [-0.2, 0) is 6.42 Å². The number of aliphatic hydroxyl groups is 2. The Hall–Kier alpha value is -1.06. The summed E-state index contributed by atoms with van der Waals surface area (Å²) in [7, 11) is 1.72. The third-order valence-corrected chi connectivity index (χ3v) is 6.91. The summed E-state index contributed by atoms with van der Waals surface area (Å²) in [4.78, 5) is 0. The third-order valence-electron chi connectivity index (χ3n) is 6.91. The number of ether oxygens (including phenoxy) is 1. The maximum Gasteiger partial charge on any atom is 0.119 e. The monoisotopic (exact) mass is 302 g/mol. The molecule has 3 heteroatoms. The van der Waals surface area contributed by atoms with Gasteiger partial charge in [-0.15, -0.1) is 0 Å². The summed E-state index contributed by atoms with van der Waals surface area (Å²) >= 11 is 0. The second-order valence-corrected chi connectivity index (χ2v) is 7.77. The van der Waals surface area contributed by atoms with E-state index in [1.807, 2.05) is 0 Å². The summed E-state index contributed by atoms with van der Waals surface area (Å²) in [5.41, 5.74) is 2.82. The Morgan fingerprint density at radius 3 is 2.82 bits per heavy atom. The van der Waals surface area contributed by atoms with Gasteiger partial charge >= 0.3 is 0 Å². The molecule has 0 aromatic heterocycles.